The summed E-state index contributed by atoms with van der Waals surface area (Å²) in [7, 11) is 0. The number of rotatable bonds is 5. The number of hydrogen-bond donors (Lipinski definition) is 1. The summed E-state index contributed by atoms with van der Waals surface area (Å²) < 4.78 is 40.6. The van der Waals surface area contributed by atoms with Crippen LogP contribution in [0.15, 0.2) is 42.6 Å². The Bertz CT molecular complexity index is 932. The first-order valence-corrected chi connectivity index (χ1v) is 8.96. The third-order valence-corrected chi connectivity index (χ3v) is 4.78. The van der Waals surface area contributed by atoms with Gasteiger partial charge < -0.3 is 10.1 Å². The van der Waals surface area contributed by atoms with E-state index in [1.807, 2.05) is 13.8 Å². The van der Waals surface area contributed by atoms with E-state index >= 15 is 0 Å². The Morgan fingerprint density at radius 2 is 1.83 bits per heavy atom. The lowest BCUT2D eigenvalue weighted by molar-refractivity contribution is -0.274. The van der Waals surface area contributed by atoms with Gasteiger partial charge in [-0.1, -0.05) is 25.4 Å². The minimum absolute atomic E-state index is 0.147. The van der Waals surface area contributed by atoms with Crippen LogP contribution in [0.25, 0.3) is 0 Å². The lowest BCUT2D eigenvalue weighted by atomic mass is 9.79. The Kier molecular flexibility index (Phi) is 5.44. The molecule has 3 amide bonds. The molecule has 1 N–H and O–H groups in total. The number of carbonyl (C=O) groups excluding carboxylic acids is 2. The van der Waals surface area contributed by atoms with Crippen LogP contribution in [0.1, 0.15) is 25.8 Å². The zero-order valence-electron chi connectivity index (χ0n) is 15.5. The van der Waals surface area contributed by atoms with E-state index in [4.69, 9.17) is 11.6 Å². The van der Waals surface area contributed by atoms with Gasteiger partial charge in [-0.2, -0.15) is 0 Å². The van der Waals surface area contributed by atoms with Gasteiger partial charge in [0.05, 0.1) is 5.69 Å². The highest BCUT2D eigenvalue weighted by Crippen LogP contribution is 2.33. The smallest absolute Gasteiger partial charge is 0.406 e. The van der Waals surface area contributed by atoms with Gasteiger partial charge in [0.1, 0.15) is 16.9 Å². The summed E-state index contributed by atoms with van der Waals surface area (Å²) >= 11 is 5.94. The van der Waals surface area contributed by atoms with E-state index in [1.165, 1.54) is 12.1 Å². The molecule has 1 aliphatic heterocycles. The van der Waals surface area contributed by atoms with Crippen molar-refractivity contribution < 1.29 is 27.5 Å². The number of hydrogen-bond acceptors (Lipinski definition) is 4. The van der Waals surface area contributed by atoms with Crippen molar-refractivity contribution >= 4 is 29.2 Å². The Labute approximate surface area is 169 Å². The van der Waals surface area contributed by atoms with Gasteiger partial charge in [0.25, 0.3) is 5.91 Å². The molecule has 1 aromatic heterocycles. The molecule has 3 rings (SSSR count). The normalized spacial score (nSPS) is 17.4. The number of halogens is 4. The van der Waals surface area contributed by atoms with E-state index in [0.717, 1.165) is 22.6 Å². The minimum Gasteiger partial charge on any atom is -0.406 e. The molecule has 29 heavy (non-hydrogen) atoms. The van der Waals surface area contributed by atoms with Gasteiger partial charge in [0, 0.05) is 6.20 Å². The second-order valence-corrected chi connectivity index (χ2v) is 7.56. The molecule has 10 heteroatoms. The number of pyridine rings is 1. The van der Waals surface area contributed by atoms with Crippen LogP contribution in [-0.2, 0) is 10.2 Å². The predicted octanol–water partition coefficient (Wildman–Crippen LogP) is 4.43. The van der Waals surface area contributed by atoms with Gasteiger partial charge in [0.2, 0.25) is 0 Å². The Morgan fingerprint density at radius 3 is 2.41 bits per heavy atom. The van der Waals surface area contributed by atoms with Crippen LogP contribution >= 0.6 is 11.6 Å². The van der Waals surface area contributed by atoms with E-state index in [2.05, 4.69) is 15.0 Å². The number of ether oxygens (including phenoxy) is 1. The number of nitrogens with one attached hydrogen (secondary N) is 1. The minimum atomic E-state index is -4.82. The van der Waals surface area contributed by atoms with Gasteiger partial charge in [-0.15, -0.1) is 13.2 Å². The first-order valence-electron chi connectivity index (χ1n) is 8.58. The van der Waals surface area contributed by atoms with Crippen LogP contribution < -0.4 is 15.0 Å². The molecule has 2 aromatic rings. The van der Waals surface area contributed by atoms with Crippen molar-refractivity contribution in [2.45, 2.75) is 38.1 Å². The fourth-order valence-electron chi connectivity index (χ4n) is 3.16. The Balaban J connectivity index is 1.76. The van der Waals surface area contributed by atoms with Crippen molar-refractivity contribution in [2.75, 3.05) is 4.90 Å². The van der Waals surface area contributed by atoms with Gasteiger partial charge in [-0.05, 0) is 53.8 Å². The lowest BCUT2D eigenvalue weighted by Gasteiger charge is -2.27. The zero-order valence-corrected chi connectivity index (χ0v) is 16.2. The molecule has 6 nitrogen and oxygen atoms in total. The van der Waals surface area contributed by atoms with Crippen LogP contribution in [-0.4, -0.2) is 29.3 Å². The van der Waals surface area contributed by atoms with E-state index in [9.17, 15) is 22.8 Å². The average molecular weight is 428 g/mol. The molecular weight excluding hydrogens is 411 g/mol. The molecule has 0 aliphatic carbocycles. The molecule has 0 bridgehead atoms. The van der Waals surface area contributed by atoms with Gasteiger partial charge in [-0.25, -0.2) is 14.7 Å². The molecule has 154 valence electrons. The van der Waals surface area contributed by atoms with Gasteiger partial charge >= 0.3 is 12.4 Å². The second kappa shape index (κ2) is 7.55. The van der Waals surface area contributed by atoms with Crippen molar-refractivity contribution in [2.24, 2.45) is 0 Å². The van der Waals surface area contributed by atoms with Crippen LogP contribution in [0.3, 0.4) is 0 Å². The molecule has 1 unspecified atom stereocenters. The zero-order chi connectivity index (χ0) is 21.4. The summed E-state index contributed by atoms with van der Waals surface area (Å²) in [5, 5.41) is 2.94. The van der Waals surface area contributed by atoms with E-state index < -0.39 is 35.5 Å². The predicted molar refractivity (Wildman–Crippen MR) is 99.8 cm³/mol. The van der Waals surface area contributed by atoms with Crippen molar-refractivity contribution in [3.05, 3.63) is 53.3 Å². The SMILES string of the molecule is CC(C)(CC1NC(=O)N(c2ccc(OC(F)(F)F)cc2)C1=O)c1ccnc(Cl)c1. The summed E-state index contributed by atoms with van der Waals surface area (Å²) in [4.78, 5) is 30.0. The van der Waals surface area contributed by atoms with E-state index in [0.29, 0.717) is 11.6 Å². The molecule has 0 saturated carbocycles. The van der Waals surface area contributed by atoms with Crippen molar-refractivity contribution in [1.29, 1.82) is 0 Å². The number of nitrogens with zero attached hydrogens (tertiary/aromatic N) is 2. The highest BCUT2D eigenvalue weighted by atomic mass is 35.5. The molecule has 1 fully saturated rings. The molecule has 1 aromatic carbocycles. The number of alkyl halides is 3. The van der Waals surface area contributed by atoms with Crippen molar-refractivity contribution in [3.63, 3.8) is 0 Å². The molecule has 2 heterocycles. The molecular formula is C19H17ClF3N3O3. The summed E-state index contributed by atoms with van der Waals surface area (Å²) in [6.07, 6.45) is -2.97. The van der Waals surface area contributed by atoms with Gasteiger partial charge in [-0.3, -0.25) is 4.79 Å². The topological polar surface area (TPSA) is 71.5 Å². The maximum Gasteiger partial charge on any atom is 0.573 e. The van der Waals surface area contributed by atoms with Crippen LogP contribution in [0.4, 0.5) is 23.7 Å². The number of carbonyl (C=O) groups is 2. The number of benzene rings is 1. The lowest BCUT2D eigenvalue weighted by Crippen LogP contribution is -2.36. The summed E-state index contributed by atoms with van der Waals surface area (Å²) in [5.41, 5.74) is 0.501. The first-order chi connectivity index (χ1) is 13.5. The highest BCUT2D eigenvalue weighted by molar-refractivity contribution is 6.29. The molecule has 0 spiro atoms. The first kappa shape index (κ1) is 20.9. The molecule has 1 aliphatic rings. The molecule has 1 saturated heterocycles. The molecule has 0 radical (unpaired) electrons. The second-order valence-electron chi connectivity index (χ2n) is 7.17. The van der Waals surface area contributed by atoms with E-state index in [1.54, 1.807) is 18.3 Å². The summed E-state index contributed by atoms with van der Waals surface area (Å²) in [6, 6.07) is 6.55. The highest BCUT2D eigenvalue weighted by Gasteiger charge is 2.42. The monoisotopic (exact) mass is 427 g/mol. The summed E-state index contributed by atoms with van der Waals surface area (Å²) in [5.74, 6) is -0.937. The Hall–Kier alpha value is -2.81. The standard InChI is InChI=1S/C19H17ClF3N3O3/c1-18(2,11-7-8-24-15(20)9-11)10-14-16(27)26(17(28)25-14)12-3-5-13(6-4-12)29-19(21,22)23/h3-9,14H,10H2,1-2H3,(H,25,28). The quantitative estimate of drug-likeness (QED) is 0.566. The summed E-state index contributed by atoms with van der Waals surface area (Å²) in [6.45, 7) is 3.81. The maximum atomic E-state index is 12.8. The number of amides is 3. The van der Waals surface area contributed by atoms with E-state index in [-0.39, 0.29) is 5.69 Å². The third kappa shape index (κ3) is 4.79. The van der Waals surface area contributed by atoms with Crippen LogP contribution in [0.5, 0.6) is 5.75 Å². The van der Waals surface area contributed by atoms with Crippen molar-refractivity contribution in [1.82, 2.24) is 10.3 Å². The average Bonchev–Trinajstić information content (AvgIpc) is 2.87. The Morgan fingerprint density at radius 1 is 1.17 bits per heavy atom. The van der Waals surface area contributed by atoms with Crippen LogP contribution in [0.2, 0.25) is 5.15 Å². The third-order valence-electron chi connectivity index (χ3n) is 4.57. The number of anilines is 1. The van der Waals surface area contributed by atoms with Crippen molar-refractivity contribution in [3.8, 4) is 5.75 Å². The fraction of sp³-hybridized carbons (Fsp3) is 0.316. The number of urea groups is 1. The largest absolute Gasteiger partial charge is 0.573 e. The number of aromatic nitrogens is 1. The number of imide groups is 1. The van der Waals surface area contributed by atoms with Crippen LogP contribution in [0, 0.1) is 0 Å². The van der Waals surface area contributed by atoms with Gasteiger partial charge in [0.15, 0.2) is 0 Å². The fourth-order valence-corrected chi connectivity index (χ4v) is 3.34. The maximum absolute atomic E-state index is 12.8. The molecule has 1 atom stereocenters.